The third-order valence-corrected chi connectivity index (χ3v) is 2.32. The molecule has 0 aliphatic carbocycles. The van der Waals surface area contributed by atoms with Gasteiger partial charge in [-0.15, -0.1) is 0 Å². The van der Waals surface area contributed by atoms with Crippen LogP contribution in [0, 0.1) is 0 Å². The lowest BCUT2D eigenvalue weighted by atomic mass is 10.2. The van der Waals surface area contributed by atoms with E-state index in [1.165, 1.54) is 19.4 Å². The Balaban J connectivity index is 2.24. The van der Waals surface area contributed by atoms with Crippen LogP contribution >= 0.6 is 0 Å². The van der Waals surface area contributed by atoms with Gasteiger partial charge in [0, 0.05) is 13.1 Å². The number of rotatable bonds is 3. The molecule has 1 fully saturated rings. The number of hydrogen-bond donors (Lipinski definition) is 0. The van der Waals surface area contributed by atoms with E-state index in [1.807, 2.05) is 0 Å². The first kappa shape index (κ1) is 10.0. The zero-order chi connectivity index (χ0) is 8.97. The lowest BCUT2D eigenvalue weighted by molar-refractivity contribution is -0.0680. The first-order chi connectivity index (χ1) is 5.72. The summed E-state index contributed by atoms with van der Waals surface area (Å²) in [7, 11) is 0. The van der Waals surface area contributed by atoms with Crippen molar-refractivity contribution in [3.05, 3.63) is 0 Å². The van der Waals surface area contributed by atoms with Gasteiger partial charge in [0.15, 0.2) is 0 Å². The smallest absolute Gasteiger partial charge is 0.0678 e. The minimum atomic E-state index is 0.422. The van der Waals surface area contributed by atoms with Crippen molar-refractivity contribution in [2.24, 2.45) is 0 Å². The molecule has 0 aromatic carbocycles. The SMILES string of the molecule is CCCCN1C[C@@H](C)O[C@@H](C)C1. The third-order valence-electron chi connectivity index (χ3n) is 2.32. The fraction of sp³-hybridized carbons (Fsp3) is 1.00. The molecule has 1 aliphatic rings. The Labute approximate surface area is 75.9 Å². The van der Waals surface area contributed by atoms with Crippen molar-refractivity contribution in [3.63, 3.8) is 0 Å². The van der Waals surface area contributed by atoms with E-state index >= 15 is 0 Å². The maximum absolute atomic E-state index is 5.65. The van der Waals surface area contributed by atoms with E-state index in [2.05, 4.69) is 25.7 Å². The van der Waals surface area contributed by atoms with Crippen molar-refractivity contribution in [2.45, 2.75) is 45.8 Å². The van der Waals surface area contributed by atoms with Crippen LogP contribution in [-0.4, -0.2) is 36.7 Å². The zero-order valence-corrected chi connectivity index (χ0v) is 8.55. The maximum Gasteiger partial charge on any atom is 0.0678 e. The predicted molar refractivity (Wildman–Crippen MR) is 51.4 cm³/mol. The molecule has 1 heterocycles. The van der Waals surface area contributed by atoms with Crippen LogP contribution in [0.3, 0.4) is 0 Å². The zero-order valence-electron chi connectivity index (χ0n) is 8.55. The van der Waals surface area contributed by atoms with Crippen LogP contribution in [0.1, 0.15) is 33.6 Å². The van der Waals surface area contributed by atoms with Crippen LogP contribution < -0.4 is 0 Å². The van der Waals surface area contributed by atoms with Crippen LogP contribution in [0.5, 0.6) is 0 Å². The van der Waals surface area contributed by atoms with Crippen LogP contribution in [0.15, 0.2) is 0 Å². The van der Waals surface area contributed by atoms with Crippen LogP contribution in [0.2, 0.25) is 0 Å². The molecule has 0 amide bonds. The number of morpholine rings is 1. The molecule has 0 saturated carbocycles. The fourth-order valence-corrected chi connectivity index (χ4v) is 1.85. The van der Waals surface area contributed by atoms with E-state index in [4.69, 9.17) is 4.74 Å². The summed E-state index contributed by atoms with van der Waals surface area (Å²) in [6.07, 6.45) is 3.45. The molecule has 2 atom stereocenters. The summed E-state index contributed by atoms with van der Waals surface area (Å²) in [6, 6.07) is 0. The molecule has 12 heavy (non-hydrogen) atoms. The van der Waals surface area contributed by atoms with Crippen molar-refractivity contribution < 1.29 is 4.74 Å². The summed E-state index contributed by atoms with van der Waals surface area (Å²) in [4.78, 5) is 2.52. The second kappa shape index (κ2) is 4.83. The molecule has 2 heteroatoms. The predicted octanol–water partition coefficient (Wildman–Crippen LogP) is 1.90. The van der Waals surface area contributed by atoms with Crippen molar-refractivity contribution in [2.75, 3.05) is 19.6 Å². The fourth-order valence-electron chi connectivity index (χ4n) is 1.85. The lowest BCUT2D eigenvalue weighted by Gasteiger charge is -2.35. The summed E-state index contributed by atoms with van der Waals surface area (Å²) in [6.45, 7) is 10.0. The molecule has 1 rings (SSSR count). The molecule has 0 N–H and O–H groups in total. The van der Waals surface area contributed by atoms with E-state index < -0.39 is 0 Å². The summed E-state index contributed by atoms with van der Waals surface area (Å²) >= 11 is 0. The topological polar surface area (TPSA) is 12.5 Å². The van der Waals surface area contributed by atoms with Gasteiger partial charge < -0.3 is 4.74 Å². The van der Waals surface area contributed by atoms with Crippen LogP contribution in [-0.2, 0) is 4.74 Å². The quantitative estimate of drug-likeness (QED) is 0.643. The van der Waals surface area contributed by atoms with Gasteiger partial charge in [0.1, 0.15) is 0 Å². The largest absolute Gasteiger partial charge is 0.373 e. The number of ether oxygens (including phenoxy) is 1. The van der Waals surface area contributed by atoms with Gasteiger partial charge in [0.25, 0.3) is 0 Å². The maximum atomic E-state index is 5.65. The molecular formula is C10H21NO. The first-order valence-electron chi connectivity index (χ1n) is 5.10. The minimum Gasteiger partial charge on any atom is -0.373 e. The third kappa shape index (κ3) is 3.11. The normalized spacial score (nSPS) is 32.2. The summed E-state index contributed by atoms with van der Waals surface area (Å²) < 4.78 is 5.65. The second-order valence-corrected chi connectivity index (χ2v) is 3.87. The average molecular weight is 171 g/mol. The van der Waals surface area contributed by atoms with Gasteiger partial charge in [0.2, 0.25) is 0 Å². The van der Waals surface area contributed by atoms with Crippen LogP contribution in [0.25, 0.3) is 0 Å². The Bertz CT molecular complexity index is 117. The molecule has 0 radical (unpaired) electrons. The Morgan fingerprint density at radius 2 is 1.83 bits per heavy atom. The molecule has 1 saturated heterocycles. The van der Waals surface area contributed by atoms with Gasteiger partial charge in [0.05, 0.1) is 12.2 Å². The second-order valence-electron chi connectivity index (χ2n) is 3.87. The lowest BCUT2D eigenvalue weighted by Crippen LogP contribution is -2.45. The molecule has 0 spiro atoms. The van der Waals surface area contributed by atoms with E-state index in [-0.39, 0.29) is 0 Å². The molecular weight excluding hydrogens is 150 g/mol. The molecule has 2 nitrogen and oxygen atoms in total. The van der Waals surface area contributed by atoms with Gasteiger partial charge in [-0.05, 0) is 26.8 Å². The van der Waals surface area contributed by atoms with Crippen molar-refractivity contribution in [1.29, 1.82) is 0 Å². The molecule has 0 unspecified atom stereocenters. The van der Waals surface area contributed by atoms with Crippen LogP contribution in [0.4, 0.5) is 0 Å². The monoisotopic (exact) mass is 171 g/mol. The highest BCUT2D eigenvalue weighted by Crippen LogP contribution is 2.10. The molecule has 0 aromatic rings. The van der Waals surface area contributed by atoms with E-state index in [0.29, 0.717) is 12.2 Å². The Morgan fingerprint density at radius 3 is 2.33 bits per heavy atom. The van der Waals surface area contributed by atoms with Gasteiger partial charge in [-0.3, -0.25) is 4.90 Å². The minimum absolute atomic E-state index is 0.422. The van der Waals surface area contributed by atoms with Crippen molar-refractivity contribution in [3.8, 4) is 0 Å². The van der Waals surface area contributed by atoms with Gasteiger partial charge in [-0.2, -0.15) is 0 Å². The molecule has 72 valence electrons. The van der Waals surface area contributed by atoms with E-state index in [9.17, 15) is 0 Å². The van der Waals surface area contributed by atoms with Crippen molar-refractivity contribution in [1.82, 2.24) is 4.90 Å². The number of hydrogen-bond acceptors (Lipinski definition) is 2. The average Bonchev–Trinajstić information content (AvgIpc) is 1.99. The standard InChI is InChI=1S/C10H21NO/c1-4-5-6-11-7-9(2)12-10(3)8-11/h9-10H,4-8H2,1-3H3/t9-,10+. The molecule has 0 aromatic heterocycles. The Hall–Kier alpha value is -0.0800. The molecule has 0 bridgehead atoms. The summed E-state index contributed by atoms with van der Waals surface area (Å²) in [5.41, 5.74) is 0. The Morgan fingerprint density at radius 1 is 1.25 bits per heavy atom. The van der Waals surface area contributed by atoms with Gasteiger partial charge in [-0.1, -0.05) is 13.3 Å². The summed E-state index contributed by atoms with van der Waals surface area (Å²) in [5, 5.41) is 0. The number of nitrogens with zero attached hydrogens (tertiary/aromatic N) is 1. The first-order valence-corrected chi connectivity index (χ1v) is 5.10. The highest BCUT2D eigenvalue weighted by Gasteiger charge is 2.20. The highest BCUT2D eigenvalue weighted by atomic mass is 16.5. The Kier molecular flexibility index (Phi) is 4.02. The summed E-state index contributed by atoms with van der Waals surface area (Å²) in [5.74, 6) is 0. The molecule has 1 aliphatic heterocycles. The van der Waals surface area contributed by atoms with Gasteiger partial charge >= 0.3 is 0 Å². The van der Waals surface area contributed by atoms with E-state index in [0.717, 1.165) is 13.1 Å². The number of unbranched alkanes of at least 4 members (excludes halogenated alkanes) is 1. The van der Waals surface area contributed by atoms with Crippen molar-refractivity contribution >= 4 is 0 Å². The highest BCUT2D eigenvalue weighted by molar-refractivity contribution is 4.72. The van der Waals surface area contributed by atoms with Gasteiger partial charge in [-0.25, -0.2) is 0 Å². The van der Waals surface area contributed by atoms with E-state index in [1.54, 1.807) is 0 Å².